The van der Waals surface area contributed by atoms with E-state index in [0.717, 1.165) is 49.7 Å². The van der Waals surface area contributed by atoms with Crippen LogP contribution in [-0.4, -0.2) is 5.11 Å². The maximum atomic E-state index is 10.2. The molecule has 0 atom stereocenters. The van der Waals surface area contributed by atoms with Crippen molar-refractivity contribution in [2.45, 2.75) is 59.3 Å². The smallest absolute Gasteiger partial charge is 0.142 e. The predicted octanol–water partition coefficient (Wildman–Crippen LogP) is 3.83. The summed E-state index contributed by atoms with van der Waals surface area (Å²) < 4.78 is 0. The number of phenols is 1. The molecule has 0 aliphatic rings. The van der Waals surface area contributed by atoms with Crippen LogP contribution in [0.1, 0.15) is 56.7 Å². The molecule has 2 heteroatoms. The van der Waals surface area contributed by atoms with Crippen molar-refractivity contribution in [1.29, 1.82) is 0 Å². The van der Waals surface area contributed by atoms with Gasteiger partial charge in [0.15, 0.2) is 0 Å². The number of benzene rings is 1. The third-order valence-electron chi connectivity index (χ3n) is 3.16. The normalized spacial score (nSPS) is 10.8. The lowest BCUT2D eigenvalue weighted by atomic mass is 9.93. The first-order valence-electron chi connectivity index (χ1n) is 6.77. The fourth-order valence-corrected chi connectivity index (χ4v) is 2.34. The van der Waals surface area contributed by atoms with E-state index in [0.29, 0.717) is 11.4 Å². The fourth-order valence-electron chi connectivity index (χ4n) is 2.34. The minimum absolute atomic E-state index is 0.334. The van der Waals surface area contributed by atoms with Crippen molar-refractivity contribution in [2.75, 3.05) is 5.73 Å². The van der Waals surface area contributed by atoms with Crippen molar-refractivity contribution in [3.63, 3.8) is 0 Å². The van der Waals surface area contributed by atoms with Gasteiger partial charge in [0, 0.05) is 0 Å². The molecule has 0 fully saturated rings. The zero-order valence-corrected chi connectivity index (χ0v) is 11.3. The highest BCUT2D eigenvalue weighted by Gasteiger charge is 2.14. The molecule has 0 bridgehead atoms. The van der Waals surface area contributed by atoms with E-state index in [-0.39, 0.29) is 0 Å². The van der Waals surface area contributed by atoms with Gasteiger partial charge in [-0.2, -0.15) is 0 Å². The molecule has 1 aromatic rings. The van der Waals surface area contributed by atoms with E-state index >= 15 is 0 Å². The van der Waals surface area contributed by atoms with Crippen LogP contribution in [0, 0.1) is 0 Å². The maximum Gasteiger partial charge on any atom is 0.142 e. The molecule has 0 unspecified atom stereocenters. The summed E-state index contributed by atoms with van der Waals surface area (Å²) in [7, 11) is 0. The van der Waals surface area contributed by atoms with Crippen molar-refractivity contribution in [1.82, 2.24) is 0 Å². The summed E-state index contributed by atoms with van der Waals surface area (Å²) in [5, 5.41) is 10.2. The first-order valence-corrected chi connectivity index (χ1v) is 6.77. The van der Waals surface area contributed by atoms with Crippen molar-refractivity contribution >= 4 is 5.69 Å². The number of aromatic hydroxyl groups is 1. The number of nitrogens with two attached hydrogens (primary N) is 1. The highest BCUT2D eigenvalue weighted by atomic mass is 16.3. The number of rotatable bonds is 6. The van der Waals surface area contributed by atoms with Gasteiger partial charge in [-0.05, 0) is 36.0 Å². The molecule has 17 heavy (non-hydrogen) atoms. The Morgan fingerprint density at radius 3 is 2.00 bits per heavy atom. The first kappa shape index (κ1) is 13.9. The summed E-state index contributed by atoms with van der Waals surface area (Å²) in [6, 6.07) is 2.20. The van der Waals surface area contributed by atoms with E-state index < -0.39 is 0 Å². The molecule has 0 heterocycles. The summed E-state index contributed by atoms with van der Waals surface area (Å²) in [6.07, 6.45) is 6.09. The van der Waals surface area contributed by atoms with E-state index in [9.17, 15) is 5.11 Å². The summed E-state index contributed by atoms with van der Waals surface area (Å²) in [6.45, 7) is 6.43. The van der Waals surface area contributed by atoms with Crippen LogP contribution in [0.5, 0.6) is 5.75 Å². The molecule has 0 aromatic heterocycles. The standard InChI is InChI=1S/C15H25NO/c1-4-7-11-10-12(8-5-2)14(16)15(17)13(11)9-6-3/h10,17H,4-9,16H2,1-3H3. The number of nitrogen functional groups attached to an aromatic ring is 1. The Morgan fingerprint density at radius 1 is 0.941 bits per heavy atom. The molecule has 0 amide bonds. The molecule has 1 aromatic carbocycles. The van der Waals surface area contributed by atoms with Gasteiger partial charge in [0.1, 0.15) is 5.75 Å². The van der Waals surface area contributed by atoms with Gasteiger partial charge in [-0.25, -0.2) is 0 Å². The topological polar surface area (TPSA) is 46.2 Å². The lowest BCUT2D eigenvalue weighted by Gasteiger charge is -2.16. The minimum atomic E-state index is 0.334. The molecule has 2 nitrogen and oxygen atoms in total. The van der Waals surface area contributed by atoms with Crippen LogP contribution in [0.4, 0.5) is 5.69 Å². The second-order valence-electron chi connectivity index (χ2n) is 4.69. The van der Waals surface area contributed by atoms with Crippen molar-refractivity contribution in [2.24, 2.45) is 0 Å². The third-order valence-corrected chi connectivity index (χ3v) is 3.16. The van der Waals surface area contributed by atoms with Crippen LogP contribution in [0.15, 0.2) is 6.07 Å². The molecule has 1 rings (SSSR count). The van der Waals surface area contributed by atoms with E-state index in [1.165, 1.54) is 5.56 Å². The Bertz CT molecular complexity index is 372. The van der Waals surface area contributed by atoms with Gasteiger partial charge >= 0.3 is 0 Å². The van der Waals surface area contributed by atoms with E-state index in [1.54, 1.807) is 0 Å². The van der Waals surface area contributed by atoms with E-state index in [4.69, 9.17) is 5.73 Å². The average molecular weight is 235 g/mol. The van der Waals surface area contributed by atoms with Gasteiger partial charge in [0.25, 0.3) is 0 Å². The van der Waals surface area contributed by atoms with Crippen LogP contribution < -0.4 is 5.73 Å². The largest absolute Gasteiger partial charge is 0.505 e. The second kappa shape index (κ2) is 6.53. The molecule has 0 aliphatic heterocycles. The minimum Gasteiger partial charge on any atom is -0.505 e. The Morgan fingerprint density at radius 2 is 1.47 bits per heavy atom. The summed E-state index contributed by atoms with van der Waals surface area (Å²) >= 11 is 0. The van der Waals surface area contributed by atoms with Gasteiger partial charge in [0.2, 0.25) is 0 Å². The molecule has 0 saturated heterocycles. The maximum absolute atomic E-state index is 10.2. The SMILES string of the molecule is CCCc1cc(CCC)c(CCC)c(O)c1N. The van der Waals surface area contributed by atoms with Gasteiger partial charge in [-0.3, -0.25) is 0 Å². The molecule has 0 saturated carbocycles. The molecular formula is C15H25NO. The van der Waals surface area contributed by atoms with Gasteiger partial charge in [-0.1, -0.05) is 46.1 Å². The highest BCUT2D eigenvalue weighted by Crippen LogP contribution is 2.34. The summed E-state index contributed by atoms with van der Waals surface area (Å²) in [5.41, 5.74) is 10.1. The Kier molecular flexibility index (Phi) is 5.33. The van der Waals surface area contributed by atoms with Gasteiger partial charge in [-0.15, -0.1) is 0 Å². The molecule has 0 spiro atoms. The number of hydrogen-bond donors (Lipinski definition) is 2. The lowest BCUT2D eigenvalue weighted by molar-refractivity contribution is 0.468. The summed E-state index contributed by atoms with van der Waals surface area (Å²) in [4.78, 5) is 0. The Balaban J connectivity index is 3.23. The van der Waals surface area contributed by atoms with Crippen LogP contribution in [0.25, 0.3) is 0 Å². The predicted molar refractivity (Wildman–Crippen MR) is 74.5 cm³/mol. The Hall–Kier alpha value is -1.18. The van der Waals surface area contributed by atoms with Crippen molar-refractivity contribution in [3.05, 3.63) is 22.8 Å². The van der Waals surface area contributed by atoms with Crippen LogP contribution in [0.3, 0.4) is 0 Å². The molecule has 0 radical (unpaired) electrons. The molecule has 0 aliphatic carbocycles. The van der Waals surface area contributed by atoms with Gasteiger partial charge in [0.05, 0.1) is 5.69 Å². The van der Waals surface area contributed by atoms with E-state index in [1.807, 2.05) is 0 Å². The zero-order chi connectivity index (χ0) is 12.8. The quantitative estimate of drug-likeness (QED) is 0.581. The monoisotopic (exact) mass is 235 g/mol. The van der Waals surface area contributed by atoms with E-state index in [2.05, 4.69) is 26.8 Å². The van der Waals surface area contributed by atoms with Crippen molar-refractivity contribution in [3.8, 4) is 5.75 Å². The average Bonchev–Trinajstić information content (AvgIpc) is 2.31. The number of anilines is 1. The zero-order valence-electron chi connectivity index (χ0n) is 11.3. The third kappa shape index (κ3) is 3.15. The highest BCUT2D eigenvalue weighted by molar-refractivity contribution is 5.64. The van der Waals surface area contributed by atoms with Crippen LogP contribution in [-0.2, 0) is 19.3 Å². The molecule has 3 N–H and O–H groups in total. The summed E-state index contributed by atoms with van der Waals surface area (Å²) in [5.74, 6) is 0.334. The van der Waals surface area contributed by atoms with Gasteiger partial charge < -0.3 is 10.8 Å². The molecular weight excluding hydrogens is 210 g/mol. The first-order chi connectivity index (χ1) is 8.15. The second-order valence-corrected chi connectivity index (χ2v) is 4.69. The van der Waals surface area contributed by atoms with Crippen LogP contribution >= 0.6 is 0 Å². The number of phenolic OH excluding ortho intramolecular Hbond substituents is 1. The van der Waals surface area contributed by atoms with Crippen LogP contribution in [0.2, 0.25) is 0 Å². The van der Waals surface area contributed by atoms with Crippen molar-refractivity contribution < 1.29 is 5.11 Å². The number of aryl methyl sites for hydroxylation is 2. The fraction of sp³-hybridized carbons (Fsp3) is 0.600. The Labute approximate surface area is 105 Å². The molecule has 96 valence electrons. The number of hydrogen-bond acceptors (Lipinski definition) is 2. The lowest BCUT2D eigenvalue weighted by Crippen LogP contribution is -2.03.